The standard InChI is InChI=1S/C12H12BrClN2O2S2/c1-7(15)8-3-2-4-9(5-8)16-20(17,18)11-6-10(14)12(13)19-11/h2-7,16H,15H2,1H3. The summed E-state index contributed by atoms with van der Waals surface area (Å²) in [5.41, 5.74) is 7.11. The monoisotopic (exact) mass is 394 g/mol. The molecule has 0 amide bonds. The summed E-state index contributed by atoms with van der Waals surface area (Å²) in [6.45, 7) is 1.84. The number of benzene rings is 1. The number of hydrogen-bond donors (Lipinski definition) is 2. The fourth-order valence-electron chi connectivity index (χ4n) is 1.55. The van der Waals surface area contributed by atoms with Crippen LogP contribution in [0, 0.1) is 0 Å². The molecule has 108 valence electrons. The van der Waals surface area contributed by atoms with Crippen molar-refractivity contribution in [1.29, 1.82) is 0 Å². The topological polar surface area (TPSA) is 72.2 Å². The SMILES string of the molecule is CC(N)c1cccc(NS(=O)(=O)c2cc(Cl)c(Br)s2)c1. The van der Waals surface area contributed by atoms with Crippen LogP contribution in [0.4, 0.5) is 5.69 Å². The third-order valence-corrected chi connectivity index (χ3v) is 6.88. The Hall–Kier alpha value is -0.600. The quantitative estimate of drug-likeness (QED) is 0.822. The lowest BCUT2D eigenvalue weighted by atomic mass is 10.1. The van der Waals surface area contributed by atoms with Crippen LogP contribution in [0.1, 0.15) is 18.5 Å². The highest BCUT2D eigenvalue weighted by Gasteiger charge is 2.19. The van der Waals surface area contributed by atoms with Crippen LogP contribution in [0.2, 0.25) is 5.02 Å². The first-order chi connectivity index (χ1) is 9.29. The number of nitrogens with two attached hydrogens (primary N) is 1. The lowest BCUT2D eigenvalue weighted by Crippen LogP contribution is -2.12. The van der Waals surface area contributed by atoms with Crippen molar-refractivity contribution in [3.05, 3.63) is 44.7 Å². The summed E-state index contributed by atoms with van der Waals surface area (Å²) in [5, 5.41) is 0.375. The zero-order chi connectivity index (χ0) is 14.9. The van der Waals surface area contributed by atoms with Gasteiger partial charge in [-0.2, -0.15) is 0 Å². The molecule has 0 aliphatic rings. The smallest absolute Gasteiger partial charge is 0.271 e. The fraction of sp³-hybridized carbons (Fsp3) is 0.167. The van der Waals surface area contributed by atoms with Gasteiger partial charge in [0.05, 0.1) is 8.81 Å². The van der Waals surface area contributed by atoms with Gasteiger partial charge >= 0.3 is 0 Å². The van der Waals surface area contributed by atoms with E-state index < -0.39 is 10.0 Å². The summed E-state index contributed by atoms with van der Waals surface area (Å²) < 4.78 is 27.7. The van der Waals surface area contributed by atoms with E-state index in [1.165, 1.54) is 6.07 Å². The molecule has 0 saturated carbocycles. The normalized spacial score (nSPS) is 13.2. The van der Waals surface area contributed by atoms with E-state index in [-0.39, 0.29) is 10.3 Å². The van der Waals surface area contributed by atoms with Crippen molar-refractivity contribution >= 4 is 54.6 Å². The zero-order valence-electron chi connectivity index (χ0n) is 10.4. The van der Waals surface area contributed by atoms with Crippen molar-refractivity contribution in [3.63, 3.8) is 0 Å². The first-order valence-electron chi connectivity index (χ1n) is 5.63. The van der Waals surface area contributed by atoms with E-state index in [0.29, 0.717) is 14.5 Å². The van der Waals surface area contributed by atoms with E-state index in [4.69, 9.17) is 17.3 Å². The van der Waals surface area contributed by atoms with Crippen LogP contribution < -0.4 is 10.5 Å². The van der Waals surface area contributed by atoms with Gasteiger partial charge < -0.3 is 5.73 Å². The Kier molecular flexibility index (Phi) is 4.76. The maximum atomic E-state index is 12.2. The molecule has 0 spiro atoms. The van der Waals surface area contributed by atoms with Crippen LogP contribution >= 0.6 is 38.9 Å². The van der Waals surface area contributed by atoms with Gasteiger partial charge in [0.25, 0.3) is 10.0 Å². The third kappa shape index (κ3) is 3.53. The number of rotatable bonds is 4. The average Bonchev–Trinajstić information content (AvgIpc) is 2.70. The lowest BCUT2D eigenvalue weighted by Gasteiger charge is -2.10. The Morgan fingerprint density at radius 2 is 2.10 bits per heavy atom. The van der Waals surface area contributed by atoms with E-state index >= 15 is 0 Å². The highest BCUT2D eigenvalue weighted by Crippen LogP contribution is 2.35. The summed E-state index contributed by atoms with van der Waals surface area (Å²) in [5.74, 6) is 0. The van der Waals surface area contributed by atoms with Gasteiger partial charge in [-0.15, -0.1) is 11.3 Å². The highest BCUT2D eigenvalue weighted by atomic mass is 79.9. The van der Waals surface area contributed by atoms with Crippen molar-refractivity contribution in [2.45, 2.75) is 17.2 Å². The first-order valence-corrected chi connectivity index (χ1v) is 9.10. The molecule has 1 unspecified atom stereocenters. The molecule has 1 atom stereocenters. The van der Waals surface area contributed by atoms with E-state index in [1.54, 1.807) is 18.2 Å². The summed E-state index contributed by atoms with van der Waals surface area (Å²) >= 11 is 10.1. The molecule has 0 aliphatic heterocycles. The molecular weight excluding hydrogens is 384 g/mol. The molecule has 4 nitrogen and oxygen atoms in total. The Morgan fingerprint density at radius 1 is 1.40 bits per heavy atom. The number of hydrogen-bond acceptors (Lipinski definition) is 4. The Balaban J connectivity index is 2.31. The predicted octanol–water partition coefficient (Wildman–Crippen LogP) is 3.98. The summed E-state index contributed by atoms with van der Waals surface area (Å²) in [6, 6.07) is 8.24. The van der Waals surface area contributed by atoms with Crippen LogP contribution in [-0.4, -0.2) is 8.42 Å². The van der Waals surface area contributed by atoms with E-state index in [2.05, 4.69) is 20.7 Å². The molecule has 0 aliphatic carbocycles. The van der Waals surface area contributed by atoms with Crippen LogP contribution in [0.25, 0.3) is 0 Å². The van der Waals surface area contributed by atoms with Gasteiger partial charge in [0.2, 0.25) is 0 Å². The molecule has 3 N–H and O–H groups in total. The van der Waals surface area contributed by atoms with Gasteiger partial charge in [-0.3, -0.25) is 4.72 Å². The van der Waals surface area contributed by atoms with Gasteiger partial charge in [-0.1, -0.05) is 23.7 Å². The minimum atomic E-state index is -3.64. The second-order valence-electron chi connectivity index (χ2n) is 4.21. The van der Waals surface area contributed by atoms with Gasteiger partial charge in [0.1, 0.15) is 4.21 Å². The van der Waals surface area contributed by atoms with Gasteiger partial charge in [-0.05, 0) is 46.6 Å². The molecule has 0 radical (unpaired) electrons. The molecule has 1 aromatic heterocycles. The zero-order valence-corrected chi connectivity index (χ0v) is 14.4. The third-order valence-electron chi connectivity index (χ3n) is 2.55. The first kappa shape index (κ1) is 15.8. The van der Waals surface area contributed by atoms with Crippen LogP contribution in [0.3, 0.4) is 0 Å². The predicted molar refractivity (Wildman–Crippen MR) is 86.9 cm³/mol. The Bertz CT molecular complexity index is 709. The number of anilines is 1. The lowest BCUT2D eigenvalue weighted by molar-refractivity contribution is 0.603. The molecule has 8 heteroatoms. The number of sulfonamides is 1. The van der Waals surface area contributed by atoms with E-state index in [1.807, 2.05) is 13.0 Å². The molecule has 1 aromatic carbocycles. The number of thiophene rings is 1. The largest absolute Gasteiger partial charge is 0.324 e. The molecule has 2 aromatic rings. The maximum Gasteiger partial charge on any atom is 0.271 e. The van der Waals surface area contributed by atoms with Gasteiger partial charge in [-0.25, -0.2) is 8.42 Å². The summed E-state index contributed by atoms with van der Waals surface area (Å²) in [6.07, 6.45) is 0. The van der Waals surface area contributed by atoms with Crippen molar-refractivity contribution in [2.75, 3.05) is 4.72 Å². The minimum Gasteiger partial charge on any atom is -0.324 e. The number of nitrogens with one attached hydrogen (secondary N) is 1. The van der Waals surface area contributed by atoms with Crippen molar-refractivity contribution in [1.82, 2.24) is 0 Å². The molecule has 2 rings (SSSR count). The molecule has 0 fully saturated rings. The number of halogens is 2. The van der Waals surface area contributed by atoms with Gasteiger partial charge in [0.15, 0.2) is 0 Å². The Morgan fingerprint density at radius 3 is 2.65 bits per heavy atom. The maximum absolute atomic E-state index is 12.2. The molecule has 0 saturated heterocycles. The van der Waals surface area contributed by atoms with Crippen LogP contribution in [0.15, 0.2) is 38.3 Å². The van der Waals surface area contributed by atoms with Crippen molar-refractivity contribution < 1.29 is 8.42 Å². The second-order valence-corrected chi connectivity index (χ2v) is 8.89. The summed E-state index contributed by atoms with van der Waals surface area (Å²) in [7, 11) is -3.64. The minimum absolute atomic E-state index is 0.153. The van der Waals surface area contributed by atoms with Crippen LogP contribution in [0.5, 0.6) is 0 Å². The van der Waals surface area contributed by atoms with E-state index in [9.17, 15) is 8.42 Å². The highest BCUT2D eigenvalue weighted by molar-refractivity contribution is 9.11. The molecule has 1 heterocycles. The second kappa shape index (κ2) is 6.03. The average molecular weight is 396 g/mol. The van der Waals surface area contributed by atoms with E-state index in [0.717, 1.165) is 16.9 Å². The molecular formula is C12H12BrClN2O2S2. The van der Waals surface area contributed by atoms with Crippen molar-refractivity contribution in [3.8, 4) is 0 Å². The van der Waals surface area contributed by atoms with Gasteiger partial charge in [0, 0.05) is 11.7 Å². The Labute approximate surface area is 135 Å². The molecule has 20 heavy (non-hydrogen) atoms. The fourth-order valence-corrected chi connectivity index (χ4v) is 5.00. The van der Waals surface area contributed by atoms with Crippen molar-refractivity contribution in [2.24, 2.45) is 5.73 Å². The summed E-state index contributed by atoms with van der Waals surface area (Å²) in [4.78, 5) is 0. The molecule has 0 bridgehead atoms. The van der Waals surface area contributed by atoms with Crippen LogP contribution in [-0.2, 0) is 10.0 Å².